The van der Waals surface area contributed by atoms with Crippen LogP contribution in [0.15, 0.2) is 23.1 Å². The first-order valence-electron chi connectivity index (χ1n) is 6.88. The Morgan fingerprint density at radius 1 is 1.16 bits per heavy atom. The summed E-state index contributed by atoms with van der Waals surface area (Å²) in [5.41, 5.74) is 6.93. The molecule has 0 bridgehead atoms. The monoisotopic (exact) mass is 282 g/mol. The minimum absolute atomic E-state index is 0.0633. The zero-order valence-corrected chi connectivity index (χ0v) is 12.2. The van der Waals surface area contributed by atoms with Crippen LogP contribution in [0.2, 0.25) is 0 Å². The molecule has 106 valence electrons. The molecule has 5 heteroatoms. The van der Waals surface area contributed by atoms with Crippen LogP contribution in [-0.2, 0) is 10.0 Å². The highest BCUT2D eigenvalue weighted by Crippen LogP contribution is 2.23. The summed E-state index contributed by atoms with van der Waals surface area (Å²) < 4.78 is 27.7. The van der Waals surface area contributed by atoms with Gasteiger partial charge in [0, 0.05) is 11.7 Å². The van der Waals surface area contributed by atoms with Crippen LogP contribution in [0, 0.1) is 6.92 Å². The minimum Gasteiger partial charge on any atom is -0.398 e. The van der Waals surface area contributed by atoms with Crippen LogP contribution in [0.3, 0.4) is 0 Å². The second-order valence-electron chi connectivity index (χ2n) is 5.28. The van der Waals surface area contributed by atoms with E-state index in [-0.39, 0.29) is 6.04 Å². The second-order valence-corrected chi connectivity index (χ2v) is 6.96. The highest BCUT2D eigenvalue weighted by molar-refractivity contribution is 7.89. The van der Waals surface area contributed by atoms with Gasteiger partial charge in [-0.1, -0.05) is 31.7 Å². The maximum Gasteiger partial charge on any atom is 0.241 e. The number of hydrogen-bond acceptors (Lipinski definition) is 3. The summed E-state index contributed by atoms with van der Waals surface area (Å²) in [6, 6.07) is 5.09. The Morgan fingerprint density at radius 2 is 1.79 bits per heavy atom. The van der Waals surface area contributed by atoms with E-state index in [4.69, 9.17) is 5.73 Å². The number of nitrogens with two attached hydrogens (primary N) is 1. The molecule has 1 aliphatic carbocycles. The van der Waals surface area contributed by atoms with Crippen LogP contribution in [0.25, 0.3) is 0 Å². The number of anilines is 1. The van der Waals surface area contributed by atoms with Gasteiger partial charge in [0.25, 0.3) is 0 Å². The van der Waals surface area contributed by atoms with Crippen molar-refractivity contribution in [3.05, 3.63) is 23.8 Å². The Hall–Kier alpha value is -1.07. The SMILES string of the molecule is Cc1c(N)cccc1S(=O)(=O)NC1CCCCCC1. The largest absolute Gasteiger partial charge is 0.398 e. The Balaban J connectivity index is 2.19. The van der Waals surface area contributed by atoms with Gasteiger partial charge in [-0.15, -0.1) is 0 Å². The van der Waals surface area contributed by atoms with E-state index in [1.807, 2.05) is 0 Å². The number of hydrogen-bond donors (Lipinski definition) is 2. The second kappa shape index (κ2) is 5.92. The van der Waals surface area contributed by atoms with Gasteiger partial charge in [-0.2, -0.15) is 0 Å². The molecule has 0 radical (unpaired) electrons. The summed E-state index contributed by atoms with van der Waals surface area (Å²) in [5.74, 6) is 0. The van der Waals surface area contributed by atoms with Crippen molar-refractivity contribution in [1.29, 1.82) is 0 Å². The Kier molecular flexibility index (Phi) is 4.47. The van der Waals surface area contributed by atoms with Crippen molar-refractivity contribution in [2.75, 3.05) is 5.73 Å². The topological polar surface area (TPSA) is 72.2 Å². The number of nitrogens with one attached hydrogen (secondary N) is 1. The molecule has 0 atom stereocenters. The molecule has 1 fully saturated rings. The first-order valence-corrected chi connectivity index (χ1v) is 8.36. The highest BCUT2D eigenvalue weighted by Gasteiger charge is 2.22. The Labute approximate surface area is 115 Å². The van der Waals surface area contributed by atoms with Crippen molar-refractivity contribution in [3.63, 3.8) is 0 Å². The normalized spacial score (nSPS) is 18.2. The zero-order valence-electron chi connectivity index (χ0n) is 11.4. The molecule has 4 nitrogen and oxygen atoms in total. The van der Waals surface area contributed by atoms with E-state index in [1.165, 1.54) is 12.8 Å². The molecule has 1 aromatic carbocycles. The fourth-order valence-electron chi connectivity index (χ4n) is 2.60. The third kappa shape index (κ3) is 3.48. The van der Waals surface area contributed by atoms with Crippen LogP contribution in [0.1, 0.15) is 44.1 Å². The molecule has 1 aliphatic rings. The quantitative estimate of drug-likeness (QED) is 0.661. The zero-order chi connectivity index (χ0) is 13.9. The van der Waals surface area contributed by atoms with E-state index in [2.05, 4.69) is 4.72 Å². The molecule has 1 aromatic rings. The maximum absolute atomic E-state index is 12.4. The molecule has 0 aliphatic heterocycles. The molecule has 2 rings (SSSR count). The van der Waals surface area contributed by atoms with Crippen molar-refractivity contribution in [2.24, 2.45) is 0 Å². The molecule has 19 heavy (non-hydrogen) atoms. The van der Waals surface area contributed by atoms with Crippen LogP contribution >= 0.6 is 0 Å². The van der Waals surface area contributed by atoms with Crippen molar-refractivity contribution < 1.29 is 8.42 Å². The molecule has 0 spiro atoms. The van der Waals surface area contributed by atoms with Crippen LogP contribution in [0.4, 0.5) is 5.69 Å². The van der Waals surface area contributed by atoms with Gasteiger partial charge in [-0.05, 0) is 37.5 Å². The van der Waals surface area contributed by atoms with E-state index in [9.17, 15) is 8.42 Å². The first-order chi connectivity index (χ1) is 9.00. The van der Waals surface area contributed by atoms with Gasteiger partial charge >= 0.3 is 0 Å². The first kappa shape index (κ1) is 14.3. The average molecular weight is 282 g/mol. The molecular weight excluding hydrogens is 260 g/mol. The standard InChI is InChI=1S/C14H22N2O2S/c1-11-13(15)9-6-10-14(11)19(17,18)16-12-7-4-2-3-5-8-12/h6,9-10,12,16H,2-5,7-8,15H2,1H3. The van der Waals surface area contributed by atoms with Crippen LogP contribution in [-0.4, -0.2) is 14.5 Å². The summed E-state index contributed by atoms with van der Waals surface area (Å²) in [5, 5.41) is 0. The third-order valence-electron chi connectivity index (χ3n) is 3.79. The summed E-state index contributed by atoms with van der Waals surface area (Å²) in [7, 11) is -3.46. The minimum atomic E-state index is -3.46. The van der Waals surface area contributed by atoms with E-state index in [0.29, 0.717) is 16.1 Å². The fourth-order valence-corrected chi connectivity index (χ4v) is 4.18. The fraction of sp³-hybridized carbons (Fsp3) is 0.571. The smallest absolute Gasteiger partial charge is 0.241 e. The predicted molar refractivity (Wildman–Crippen MR) is 77.4 cm³/mol. The average Bonchev–Trinajstić information content (AvgIpc) is 2.60. The summed E-state index contributed by atoms with van der Waals surface area (Å²) in [4.78, 5) is 0.303. The van der Waals surface area contributed by atoms with Gasteiger partial charge in [0.05, 0.1) is 4.90 Å². The molecule has 3 N–H and O–H groups in total. The van der Waals surface area contributed by atoms with Crippen molar-refractivity contribution in [2.45, 2.75) is 56.4 Å². The van der Waals surface area contributed by atoms with Gasteiger partial charge in [-0.3, -0.25) is 0 Å². The maximum atomic E-state index is 12.4. The van der Waals surface area contributed by atoms with Crippen molar-refractivity contribution in [3.8, 4) is 0 Å². The lowest BCUT2D eigenvalue weighted by atomic mass is 10.1. The lowest BCUT2D eigenvalue weighted by Gasteiger charge is -2.17. The van der Waals surface area contributed by atoms with Gasteiger partial charge in [0.2, 0.25) is 10.0 Å². The summed E-state index contributed by atoms with van der Waals surface area (Å²) >= 11 is 0. The van der Waals surface area contributed by atoms with Crippen molar-refractivity contribution in [1.82, 2.24) is 4.72 Å². The number of rotatable bonds is 3. The van der Waals surface area contributed by atoms with Crippen LogP contribution in [0.5, 0.6) is 0 Å². The molecule has 0 amide bonds. The predicted octanol–water partition coefficient (Wildman–Crippen LogP) is 2.58. The van der Waals surface area contributed by atoms with E-state index < -0.39 is 10.0 Å². The van der Waals surface area contributed by atoms with E-state index >= 15 is 0 Å². The summed E-state index contributed by atoms with van der Waals surface area (Å²) in [6.07, 6.45) is 6.47. The molecule has 0 saturated heterocycles. The van der Waals surface area contributed by atoms with Gasteiger partial charge < -0.3 is 5.73 Å². The number of sulfonamides is 1. The molecule has 0 heterocycles. The lowest BCUT2D eigenvalue weighted by molar-refractivity contribution is 0.509. The molecule has 1 saturated carbocycles. The van der Waals surface area contributed by atoms with Crippen molar-refractivity contribution >= 4 is 15.7 Å². The molecular formula is C14H22N2O2S. The van der Waals surface area contributed by atoms with E-state index in [0.717, 1.165) is 25.7 Å². The molecule has 0 unspecified atom stereocenters. The number of benzene rings is 1. The van der Waals surface area contributed by atoms with Gasteiger partial charge in [0.1, 0.15) is 0 Å². The summed E-state index contributed by atoms with van der Waals surface area (Å²) in [6.45, 7) is 1.75. The Bertz CT molecular complexity index is 532. The van der Waals surface area contributed by atoms with E-state index in [1.54, 1.807) is 25.1 Å². The Morgan fingerprint density at radius 3 is 2.42 bits per heavy atom. The third-order valence-corrected chi connectivity index (χ3v) is 5.46. The highest BCUT2D eigenvalue weighted by atomic mass is 32.2. The lowest BCUT2D eigenvalue weighted by Crippen LogP contribution is -2.34. The molecule has 0 aromatic heterocycles. The van der Waals surface area contributed by atoms with Gasteiger partial charge in [-0.25, -0.2) is 13.1 Å². The van der Waals surface area contributed by atoms with Crippen LogP contribution < -0.4 is 10.5 Å². The number of nitrogen functional groups attached to an aromatic ring is 1. The van der Waals surface area contributed by atoms with Gasteiger partial charge in [0.15, 0.2) is 0 Å².